The van der Waals surface area contributed by atoms with E-state index in [1.54, 1.807) is 36.4 Å². The minimum absolute atomic E-state index is 0.0452. The van der Waals surface area contributed by atoms with Crippen molar-refractivity contribution in [2.75, 3.05) is 19.9 Å². The molecule has 0 saturated heterocycles. The fourth-order valence-corrected chi connectivity index (χ4v) is 7.15. The summed E-state index contributed by atoms with van der Waals surface area (Å²) in [7, 11) is 0. The molecule has 0 spiro atoms. The molecule has 0 saturated carbocycles. The van der Waals surface area contributed by atoms with Gasteiger partial charge in [-0.15, -0.1) is 0 Å². The van der Waals surface area contributed by atoms with Gasteiger partial charge in [0.15, 0.2) is 0 Å². The third-order valence-electron chi connectivity index (χ3n) is 11.3. The standard InChI is InChI=1S/C56H81N5O9/c1-39(2)17-14-20-43(7)23-15-21-41(5)18-12-13-19-42(6)22-16-24-44(8)27-32-53(65)69-38-70-56(68)50(33-40(3)4)61-55(67)49(35-45-25-10-9-11-26-45)60-52(64)37-58-51(63)36-59-54(66)48(57)34-46-28-30-47(62)31-29-46/h9-11,17-19,23-26,28-31,40,48-50,62H,12-16,20-22,27,32-38,57H2,1-8H3,(H,58,63)(H,59,66)(H,60,64)(H,61,67)/b41-18?,42-19+,43-23+,44-24?. The highest BCUT2D eigenvalue weighted by Crippen LogP contribution is 2.16. The van der Waals surface area contributed by atoms with Crippen LogP contribution in [0.4, 0.5) is 0 Å². The number of esters is 2. The van der Waals surface area contributed by atoms with Crippen molar-refractivity contribution in [2.45, 2.75) is 157 Å². The van der Waals surface area contributed by atoms with Crippen molar-refractivity contribution in [3.05, 3.63) is 124 Å². The second kappa shape index (κ2) is 34.1. The lowest BCUT2D eigenvalue weighted by atomic mass is 10.0. The number of rotatable bonds is 32. The number of carbonyl (C=O) groups excluding carboxylic acids is 6. The number of unbranched alkanes of at least 4 members (excludes halogenated alkanes) is 1. The van der Waals surface area contributed by atoms with E-state index in [1.807, 2.05) is 26.8 Å². The smallest absolute Gasteiger partial charge is 0.331 e. The second-order valence-electron chi connectivity index (χ2n) is 18.7. The van der Waals surface area contributed by atoms with Crippen molar-refractivity contribution in [3.8, 4) is 5.75 Å². The van der Waals surface area contributed by atoms with Crippen LogP contribution in [0.5, 0.6) is 5.75 Å². The second-order valence-corrected chi connectivity index (χ2v) is 18.7. The fraction of sp³-hybridized carbons (Fsp3) is 0.500. The summed E-state index contributed by atoms with van der Waals surface area (Å²) in [6, 6.07) is 12.0. The molecule has 3 unspecified atom stereocenters. The summed E-state index contributed by atoms with van der Waals surface area (Å²) < 4.78 is 10.5. The quantitative estimate of drug-likeness (QED) is 0.0178. The van der Waals surface area contributed by atoms with Crippen molar-refractivity contribution < 1.29 is 43.3 Å². The molecule has 384 valence electrons. The van der Waals surface area contributed by atoms with Crippen LogP contribution in [-0.4, -0.2) is 78.7 Å². The zero-order chi connectivity index (χ0) is 51.8. The average molecular weight is 968 g/mol. The minimum Gasteiger partial charge on any atom is -0.508 e. The zero-order valence-electron chi connectivity index (χ0n) is 43.0. The predicted octanol–water partition coefficient (Wildman–Crippen LogP) is 8.45. The molecule has 2 rings (SSSR count). The third kappa shape index (κ3) is 28.3. The number of aromatic hydroxyl groups is 1. The molecule has 0 aromatic heterocycles. The Kier molecular flexibility index (Phi) is 29.1. The Bertz CT molecular complexity index is 2120. The van der Waals surface area contributed by atoms with E-state index < -0.39 is 73.6 Å². The highest BCUT2D eigenvalue weighted by Gasteiger charge is 2.29. The molecule has 0 heterocycles. The number of ether oxygens (including phenoxy) is 2. The summed E-state index contributed by atoms with van der Waals surface area (Å²) in [5.74, 6) is -3.88. The molecule has 2 aromatic rings. The summed E-state index contributed by atoms with van der Waals surface area (Å²) in [6.45, 7) is 15.0. The van der Waals surface area contributed by atoms with Crippen LogP contribution in [0.15, 0.2) is 113 Å². The lowest BCUT2D eigenvalue weighted by Gasteiger charge is -2.24. The highest BCUT2D eigenvalue weighted by atomic mass is 16.7. The number of nitrogens with two attached hydrogens (primary N) is 1. The van der Waals surface area contributed by atoms with Gasteiger partial charge in [-0.1, -0.05) is 115 Å². The number of phenols is 1. The van der Waals surface area contributed by atoms with E-state index in [9.17, 15) is 33.9 Å². The lowest BCUT2D eigenvalue weighted by Crippen LogP contribution is -2.54. The van der Waals surface area contributed by atoms with Gasteiger partial charge in [-0.05, 0) is 141 Å². The highest BCUT2D eigenvalue weighted by molar-refractivity contribution is 5.93. The van der Waals surface area contributed by atoms with Crippen LogP contribution < -0.4 is 27.0 Å². The largest absolute Gasteiger partial charge is 0.508 e. The molecular weight excluding hydrogens is 887 g/mol. The van der Waals surface area contributed by atoms with Gasteiger partial charge in [0.1, 0.15) is 17.8 Å². The molecule has 0 bridgehead atoms. The Hall–Kier alpha value is -6.28. The van der Waals surface area contributed by atoms with Gasteiger partial charge in [0.2, 0.25) is 30.4 Å². The van der Waals surface area contributed by atoms with Crippen molar-refractivity contribution in [1.29, 1.82) is 0 Å². The van der Waals surface area contributed by atoms with Gasteiger partial charge in [-0.2, -0.15) is 0 Å². The molecule has 2 aromatic carbocycles. The van der Waals surface area contributed by atoms with Gasteiger partial charge < -0.3 is 41.6 Å². The number of allylic oxidation sites excluding steroid dienone is 10. The molecule has 0 radical (unpaired) electrons. The molecule has 70 heavy (non-hydrogen) atoms. The van der Waals surface area contributed by atoms with Gasteiger partial charge in [0.25, 0.3) is 0 Å². The Morgan fingerprint density at radius 1 is 0.571 bits per heavy atom. The SMILES string of the molecule is CC(C)=CCC/C(C)=C/CCC(C)=CCC/C=C(\C)CCC=C(C)CCC(=O)OCOC(=O)C(CC(C)C)NC(=O)C(Cc1ccccc1)NC(=O)CNC(=O)CNC(=O)C(N)Cc1ccc(O)cc1. The maximum atomic E-state index is 13.7. The number of benzene rings is 2. The maximum Gasteiger partial charge on any atom is 0.331 e. The molecule has 14 nitrogen and oxygen atoms in total. The lowest BCUT2D eigenvalue weighted by molar-refractivity contribution is -0.169. The van der Waals surface area contributed by atoms with E-state index in [4.69, 9.17) is 15.2 Å². The molecule has 4 amide bonds. The van der Waals surface area contributed by atoms with Crippen LogP contribution in [0, 0.1) is 5.92 Å². The molecular formula is C56H81N5O9. The van der Waals surface area contributed by atoms with Crippen LogP contribution in [0.2, 0.25) is 0 Å². The third-order valence-corrected chi connectivity index (χ3v) is 11.3. The van der Waals surface area contributed by atoms with Crippen molar-refractivity contribution >= 4 is 35.6 Å². The summed E-state index contributed by atoms with van der Waals surface area (Å²) in [4.78, 5) is 77.6. The van der Waals surface area contributed by atoms with E-state index in [2.05, 4.69) is 86.3 Å². The summed E-state index contributed by atoms with van der Waals surface area (Å²) in [6.07, 6.45) is 20.8. The van der Waals surface area contributed by atoms with Gasteiger partial charge >= 0.3 is 11.9 Å². The predicted molar refractivity (Wildman–Crippen MR) is 277 cm³/mol. The monoisotopic (exact) mass is 968 g/mol. The van der Waals surface area contributed by atoms with Crippen molar-refractivity contribution in [3.63, 3.8) is 0 Å². The van der Waals surface area contributed by atoms with E-state index >= 15 is 0 Å². The summed E-state index contributed by atoms with van der Waals surface area (Å²) >= 11 is 0. The van der Waals surface area contributed by atoms with Crippen LogP contribution in [0.3, 0.4) is 0 Å². The van der Waals surface area contributed by atoms with Crippen LogP contribution in [0.1, 0.15) is 137 Å². The first-order valence-electron chi connectivity index (χ1n) is 24.6. The summed E-state index contributed by atoms with van der Waals surface area (Å²) in [5, 5.41) is 19.6. The van der Waals surface area contributed by atoms with Gasteiger partial charge in [-0.3, -0.25) is 24.0 Å². The van der Waals surface area contributed by atoms with Gasteiger partial charge in [0, 0.05) is 12.8 Å². The first-order valence-corrected chi connectivity index (χ1v) is 24.6. The molecule has 0 aliphatic rings. The maximum absolute atomic E-state index is 13.7. The molecule has 0 fully saturated rings. The van der Waals surface area contributed by atoms with E-state index in [1.165, 1.54) is 34.4 Å². The number of hydrogen-bond donors (Lipinski definition) is 6. The van der Waals surface area contributed by atoms with Gasteiger partial charge in [-0.25, -0.2) is 4.79 Å². The molecule has 3 atom stereocenters. The van der Waals surface area contributed by atoms with E-state index in [-0.39, 0.29) is 37.4 Å². The molecule has 14 heteroatoms. The van der Waals surface area contributed by atoms with Crippen LogP contribution in [-0.2, 0) is 51.1 Å². The molecule has 7 N–H and O–H groups in total. The topological polar surface area (TPSA) is 215 Å². The fourth-order valence-electron chi connectivity index (χ4n) is 7.15. The summed E-state index contributed by atoms with van der Waals surface area (Å²) in [5.41, 5.74) is 14.1. The Morgan fingerprint density at radius 2 is 1.10 bits per heavy atom. The zero-order valence-corrected chi connectivity index (χ0v) is 43.0. The van der Waals surface area contributed by atoms with Crippen LogP contribution >= 0.6 is 0 Å². The van der Waals surface area contributed by atoms with Crippen molar-refractivity contribution in [1.82, 2.24) is 21.3 Å². The Labute approximate surface area is 417 Å². The van der Waals surface area contributed by atoms with E-state index in [0.717, 1.165) is 68.1 Å². The Morgan fingerprint density at radius 3 is 1.67 bits per heavy atom. The van der Waals surface area contributed by atoms with Crippen LogP contribution in [0.25, 0.3) is 0 Å². The number of hydrogen-bond acceptors (Lipinski definition) is 10. The number of carbonyl (C=O) groups is 6. The minimum atomic E-state index is -1.15. The molecule has 0 aliphatic carbocycles. The number of nitrogens with one attached hydrogen (secondary N) is 4. The Balaban J connectivity index is 1.81. The number of phenolic OH excluding ortho intramolecular Hbond substituents is 1. The van der Waals surface area contributed by atoms with Gasteiger partial charge in [0.05, 0.1) is 19.1 Å². The van der Waals surface area contributed by atoms with Crippen molar-refractivity contribution in [2.24, 2.45) is 11.7 Å². The first-order chi connectivity index (χ1) is 33.3. The molecule has 0 aliphatic heterocycles. The number of amides is 4. The van der Waals surface area contributed by atoms with E-state index in [0.29, 0.717) is 6.42 Å². The average Bonchev–Trinajstić information content (AvgIpc) is 3.31. The normalized spacial score (nSPS) is 13.4. The first kappa shape index (κ1) is 59.8.